The fourth-order valence-electron chi connectivity index (χ4n) is 4.29. The van der Waals surface area contributed by atoms with Gasteiger partial charge >= 0.3 is 0 Å². The van der Waals surface area contributed by atoms with Gasteiger partial charge in [0.15, 0.2) is 5.69 Å². The van der Waals surface area contributed by atoms with Crippen molar-refractivity contribution >= 4 is 5.91 Å². The normalized spacial score (nSPS) is 26.0. The topological polar surface area (TPSA) is 58.8 Å². The highest BCUT2D eigenvalue weighted by molar-refractivity contribution is 5.94. The lowest BCUT2D eigenvalue weighted by atomic mass is 9.96. The van der Waals surface area contributed by atoms with Crippen LogP contribution in [0.25, 0.3) is 0 Å². The fraction of sp³-hybridized carbons (Fsp3) is 0.778. The number of likely N-dealkylation sites (tertiary alicyclic amines) is 1. The Labute approximate surface area is 143 Å². The molecule has 0 radical (unpaired) electrons. The van der Waals surface area contributed by atoms with E-state index in [1.54, 1.807) is 0 Å². The van der Waals surface area contributed by atoms with Gasteiger partial charge in [0, 0.05) is 44.2 Å². The molecule has 2 fully saturated rings. The molecule has 0 aromatic carbocycles. The Morgan fingerprint density at radius 3 is 2.71 bits per heavy atom. The van der Waals surface area contributed by atoms with Gasteiger partial charge in [0.2, 0.25) is 0 Å². The predicted molar refractivity (Wildman–Crippen MR) is 89.1 cm³/mol. The Bertz CT molecular complexity index is 580. The molecular formula is C18H27N3O3. The molecule has 1 unspecified atom stereocenters. The van der Waals surface area contributed by atoms with Gasteiger partial charge in [0.05, 0.1) is 13.2 Å². The number of aryl methyl sites for hydroxylation is 1. The first kappa shape index (κ1) is 16.1. The minimum absolute atomic E-state index is 0.0736. The summed E-state index contributed by atoms with van der Waals surface area (Å²) >= 11 is 0. The van der Waals surface area contributed by atoms with E-state index in [0.717, 1.165) is 89.2 Å². The van der Waals surface area contributed by atoms with E-state index in [2.05, 4.69) is 10.1 Å². The number of nitrogens with zero attached hydrogens (tertiary/aromatic N) is 3. The van der Waals surface area contributed by atoms with E-state index in [9.17, 15) is 4.79 Å². The van der Waals surface area contributed by atoms with Crippen molar-refractivity contribution in [3.63, 3.8) is 0 Å². The second kappa shape index (κ2) is 7.23. The monoisotopic (exact) mass is 333 g/mol. The lowest BCUT2D eigenvalue weighted by Gasteiger charge is -2.33. The van der Waals surface area contributed by atoms with Gasteiger partial charge in [-0.15, -0.1) is 0 Å². The van der Waals surface area contributed by atoms with Gasteiger partial charge in [-0.25, -0.2) is 0 Å². The molecule has 2 aliphatic heterocycles. The van der Waals surface area contributed by atoms with Crippen LogP contribution in [-0.4, -0.2) is 66.3 Å². The molecule has 0 spiro atoms. The maximum absolute atomic E-state index is 12.9. The molecule has 6 heteroatoms. The number of ether oxygens (including phenoxy) is 1. The number of fused-ring (bicyclic) bond motifs is 1. The zero-order valence-electron chi connectivity index (χ0n) is 14.3. The third kappa shape index (κ3) is 3.22. The van der Waals surface area contributed by atoms with Crippen molar-refractivity contribution in [2.75, 3.05) is 39.4 Å². The van der Waals surface area contributed by atoms with Gasteiger partial charge in [-0.3, -0.25) is 9.69 Å². The van der Waals surface area contributed by atoms with Gasteiger partial charge in [-0.2, -0.15) is 0 Å². The Balaban J connectivity index is 1.41. The van der Waals surface area contributed by atoms with Crippen molar-refractivity contribution in [1.82, 2.24) is 15.0 Å². The minimum Gasteiger partial charge on any atom is -0.379 e. The molecule has 0 bridgehead atoms. The van der Waals surface area contributed by atoms with Crippen LogP contribution in [0.1, 0.15) is 53.9 Å². The zero-order chi connectivity index (χ0) is 16.4. The lowest BCUT2D eigenvalue weighted by molar-refractivity contribution is 0.0135. The van der Waals surface area contributed by atoms with Crippen molar-refractivity contribution in [3.8, 4) is 0 Å². The summed E-state index contributed by atoms with van der Waals surface area (Å²) in [4.78, 5) is 17.5. The molecule has 132 valence electrons. The SMILES string of the molecule is O=C(c1noc2c1CCCC2)N1CCCC(N2CCOCC2)CC1. The van der Waals surface area contributed by atoms with Crippen molar-refractivity contribution in [2.45, 2.75) is 51.0 Å². The zero-order valence-corrected chi connectivity index (χ0v) is 14.3. The van der Waals surface area contributed by atoms with Crippen LogP contribution < -0.4 is 0 Å². The molecule has 3 aliphatic rings. The highest BCUT2D eigenvalue weighted by Gasteiger charge is 2.30. The predicted octanol–water partition coefficient (Wildman–Crippen LogP) is 1.88. The van der Waals surface area contributed by atoms with Gasteiger partial charge < -0.3 is 14.2 Å². The van der Waals surface area contributed by atoms with E-state index in [1.807, 2.05) is 4.90 Å². The number of hydrogen-bond donors (Lipinski definition) is 0. The number of hydrogen-bond acceptors (Lipinski definition) is 5. The third-order valence-electron chi connectivity index (χ3n) is 5.70. The molecule has 3 heterocycles. The lowest BCUT2D eigenvalue weighted by Crippen LogP contribution is -2.44. The summed E-state index contributed by atoms with van der Waals surface area (Å²) < 4.78 is 10.9. The van der Waals surface area contributed by atoms with E-state index >= 15 is 0 Å². The van der Waals surface area contributed by atoms with Crippen LogP contribution in [0.2, 0.25) is 0 Å². The fourth-order valence-corrected chi connectivity index (χ4v) is 4.29. The van der Waals surface area contributed by atoms with Crippen molar-refractivity contribution in [2.24, 2.45) is 0 Å². The molecule has 6 nitrogen and oxygen atoms in total. The highest BCUT2D eigenvalue weighted by Crippen LogP contribution is 2.26. The molecule has 1 aromatic heterocycles. The molecule has 24 heavy (non-hydrogen) atoms. The second-order valence-corrected chi connectivity index (χ2v) is 7.17. The number of carbonyl (C=O) groups excluding carboxylic acids is 1. The smallest absolute Gasteiger partial charge is 0.276 e. The highest BCUT2D eigenvalue weighted by atomic mass is 16.5. The standard InChI is InChI=1S/C18H27N3O3/c22-18(17-15-5-1-2-6-16(15)24-19-17)21-8-3-4-14(7-9-21)20-10-12-23-13-11-20/h14H,1-13H2. The number of carbonyl (C=O) groups is 1. The maximum atomic E-state index is 12.9. The summed E-state index contributed by atoms with van der Waals surface area (Å²) in [6, 6.07) is 0.581. The number of morpholine rings is 1. The van der Waals surface area contributed by atoms with Crippen molar-refractivity contribution in [1.29, 1.82) is 0 Å². The Morgan fingerprint density at radius 2 is 1.83 bits per heavy atom. The molecular weight excluding hydrogens is 306 g/mol. The first-order valence-electron chi connectivity index (χ1n) is 9.41. The maximum Gasteiger partial charge on any atom is 0.276 e. The number of amides is 1. The minimum atomic E-state index is 0.0736. The van der Waals surface area contributed by atoms with Crippen molar-refractivity contribution in [3.05, 3.63) is 17.0 Å². The first-order valence-corrected chi connectivity index (χ1v) is 9.41. The van der Waals surface area contributed by atoms with Gasteiger partial charge in [0.1, 0.15) is 5.76 Å². The second-order valence-electron chi connectivity index (χ2n) is 7.17. The van der Waals surface area contributed by atoms with Crippen LogP contribution in [0.5, 0.6) is 0 Å². The van der Waals surface area contributed by atoms with Gasteiger partial charge in [0.25, 0.3) is 5.91 Å². The Morgan fingerprint density at radius 1 is 1.00 bits per heavy atom. The molecule has 2 saturated heterocycles. The van der Waals surface area contributed by atoms with E-state index in [4.69, 9.17) is 9.26 Å². The molecule has 1 aliphatic carbocycles. The summed E-state index contributed by atoms with van der Waals surface area (Å²) in [6.07, 6.45) is 7.41. The summed E-state index contributed by atoms with van der Waals surface area (Å²) in [5.74, 6) is 1.01. The first-order chi connectivity index (χ1) is 11.8. The van der Waals surface area contributed by atoms with Crippen molar-refractivity contribution < 1.29 is 14.1 Å². The summed E-state index contributed by atoms with van der Waals surface area (Å²) in [5, 5.41) is 4.12. The largest absolute Gasteiger partial charge is 0.379 e. The number of rotatable bonds is 2. The average molecular weight is 333 g/mol. The van der Waals surface area contributed by atoms with E-state index in [0.29, 0.717) is 11.7 Å². The van der Waals surface area contributed by atoms with Crippen LogP contribution in [0.15, 0.2) is 4.52 Å². The summed E-state index contributed by atoms with van der Waals surface area (Å²) in [5.41, 5.74) is 1.65. The Hall–Kier alpha value is -1.40. The Kier molecular flexibility index (Phi) is 4.85. The molecule has 0 N–H and O–H groups in total. The van der Waals surface area contributed by atoms with E-state index < -0.39 is 0 Å². The van der Waals surface area contributed by atoms with E-state index in [1.165, 1.54) is 6.42 Å². The van der Waals surface area contributed by atoms with Crippen LogP contribution >= 0.6 is 0 Å². The summed E-state index contributed by atoms with van der Waals surface area (Å²) in [7, 11) is 0. The quantitative estimate of drug-likeness (QED) is 0.827. The molecule has 0 saturated carbocycles. The van der Waals surface area contributed by atoms with Crippen LogP contribution in [0.4, 0.5) is 0 Å². The van der Waals surface area contributed by atoms with Gasteiger partial charge in [-0.05, 0) is 38.5 Å². The number of aromatic nitrogens is 1. The molecule has 1 amide bonds. The molecule has 4 rings (SSSR count). The van der Waals surface area contributed by atoms with Crippen LogP contribution in [0.3, 0.4) is 0 Å². The van der Waals surface area contributed by atoms with Crippen LogP contribution in [-0.2, 0) is 17.6 Å². The third-order valence-corrected chi connectivity index (χ3v) is 5.70. The summed E-state index contributed by atoms with van der Waals surface area (Å²) in [6.45, 7) is 5.38. The van der Waals surface area contributed by atoms with Gasteiger partial charge in [-0.1, -0.05) is 5.16 Å². The molecule has 1 atom stereocenters. The van der Waals surface area contributed by atoms with Crippen LogP contribution in [0, 0.1) is 0 Å². The average Bonchev–Trinajstić information content (AvgIpc) is 2.91. The molecule has 1 aromatic rings. The van der Waals surface area contributed by atoms with E-state index in [-0.39, 0.29) is 5.91 Å².